The highest BCUT2D eigenvalue weighted by Crippen LogP contribution is 2.17. The number of halogens is 1. The van der Waals surface area contributed by atoms with Crippen LogP contribution in [0.1, 0.15) is 45.4 Å². The first kappa shape index (κ1) is 16.7. The second kappa shape index (κ2) is 10.9. The summed E-state index contributed by atoms with van der Waals surface area (Å²) < 4.78 is 0. The third-order valence-electron chi connectivity index (χ3n) is 3.01. The van der Waals surface area contributed by atoms with Crippen molar-refractivity contribution >= 4 is 29.9 Å². The molecule has 1 fully saturated rings. The Morgan fingerprint density at radius 1 is 1.29 bits per heavy atom. The maximum Gasteiger partial charge on any atom is 0.191 e. The lowest BCUT2D eigenvalue weighted by atomic mass is 9.96. The summed E-state index contributed by atoms with van der Waals surface area (Å²) in [5.74, 6) is 0.955. The summed E-state index contributed by atoms with van der Waals surface area (Å²) in [5.41, 5.74) is 0. The van der Waals surface area contributed by atoms with Crippen LogP contribution in [0.4, 0.5) is 0 Å². The second-order valence-electron chi connectivity index (χ2n) is 4.34. The van der Waals surface area contributed by atoms with E-state index in [1.165, 1.54) is 32.1 Å². The number of hydrogen-bond donors (Lipinski definition) is 2. The van der Waals surface area contributed by atoms with E-state index in [0.29, 0.717) is 6.04 Å². The van der Waals surface area contributed by atoms with Gasteiger partial charge in [-0.1, -0.05) is 31.4 Å². The van der Waals surface area contributed by atoms with Crippen molar-refractivity contribution in [1.29, 1.82) is 0 Å². The SMILES string of the molecule is CC=CCCNC(=NC)NC1CCCCC1.I. The molecule has 0 aromatic carbocycles. The van der Waals surface area contributed by atoms with E-state index in [1.54, 1.807) is 0 Å². The van der Waals surface area contributed by atoms with Crippen molar-refractivity contribution in [2.75, 3.05) is 13.6 Å². The highest BCUT2D eigenvalue weighted by atomic mass is 127. The van der Waals surface area contributed by atoms with Crippen molar-refractivity contribution in [1.82, 2.24) is 10.6 Å². The van der Waals surface area contributed by atoms with Crippen LogP contribution in [0.3, 0.4) is 0 Å². The van der Waals surface area contributed by atoms with E-state index in [9.17, 15) is 0 Å². The summed E-state index contributed by atoms with van der Waals surface area (Å²) in [6.07, 6.45) is 12.0. The van der Waals surface area contributed by atoms with Gasteiger partial charge in [-0.25, -0.2) is 0 Å². The number of hydrogen-bond acceptors (Lipinski definition) is 1. The predicted molar refractivity (Wildman–Crippen MR) is 86.2 cm³/mol. The lowest BCUT2D eigenvalue weighted by Crippen LogP contribution is -2.44. The Labute approximate surface area is 123 Å². The van der Waals surface area contributed by atoms with E-state index in [2.05, 4.69) is 34.7 Å². The van der Waals surface area contributed by atoms with Crippen molar-refractivity contribution in [3.63, 3.8) is 0 Å². The topological polar surface area (TPSA) is 36.4 Å². The Hall–Kier alpha value is -0.260. The zero-order valence-electron chi connectivity index (χ0n) is 11.0. The minimum Gasteiger partial charge on any atom is -0.356 e. The molecule has 1 saturated carbocycles. The Kier molecular flexibility index (Phi) is 10.7. The van der Waals surface area contributed by atoms with Gasteiger partial charge >= 0.3 is 0 Å². The second-order valence-corrected chi connectivity index (χ2v) is 4.34. The van der Waals surface area contributed by atoms with Crippen LogP contribution < -0.4 is 10.6 Å². The van der Waals surface area contributed by atoms with Crippen LogP contribution in [0.15, 0.2) is 17.1 Å². The van der Waals surface area contributed by atoms with Gasteiger partial charge in [-0.2, -0.15) is 0 Å². The van der Waals surface area contributed by atoms with E-state index in [0.717, 1.165) is 18.9 Å². The monoisotopic (exact) mass is 351 g/mol. The summed E-state index contributed by atoms with van der Waals surface area (Å²) >= 11 is 0. The largest absolute Gasteiger partial charge is 0.356 e. The Morgan fingerprint density at radius 2 is 2.00 bits per heavy atom. The third-order valence-corrected chi connectivity index (χ3v) is 3.01. The third kappa shape index (κ3) is 7.63. The van der Waals surface area contributed by atoms with Gasteiger partial charge in [0.05, 0.1) is 0 Å². The van der Waals surface area contributed by atoms with Crippen molar-refractivity contribution < 1.29 is 0 Å². The van der Waals surface area contributed by atoms with Crippen LogP contribution in [0.5, 0.6) is 0 Å². The number of nitrogens with zero attached hydrogens (tertiary/aromatic N) is 1. The molecule has 0 aromatic heterocycles. The van der Waals surface area contributed by atoms with Gasteiger partial charge in [0.2, 0.25) is 0 Å². The summed E-state index contributed by atoms with van der Waals surface area (Å²) in [6, 6.07) is 0.627. The summed E-state index contributed by atoms with van der Waals surface area (Å²) in [7, 11) is 1.84. The molecule has 0 radical (unpaired) electrons. The van der Waals surface area contributed by atoms with Crippen molar-refractivity contribution in [3.05, 3.63) is 12.2 Å². The number of aliphatic imine (C=N–C) groups is 1. The van der Waals surface area contributed by atoms with Crippen molar-refractivity contribution in [2.24, 2.45) is 4.99 Å². The molecule has 0 spiro atoms. The van der Waals surface area contributed by atoms with Crippen molar-refractivity contribution in [2.45, 2.75) is 51.5 Å². The van der Waals surface area contributed by atoms with Gasteiger partial charge in [0, 0.05) is 19.6 Å². The standard InChI is InChI=1S/C13H25N3.HI/c1-3-4-8-11-15-13(14-2)16-12-9-6-5-7-10-12;/h3-4,12H,5-11H2,1-2H3,(H2,14,15,16);1H. The molecule has 1 rings (SSSR count). The first-order valence-corrected chi connectivity index (χ1v) is 6.45. The number of rotatable bonds is 4. The summed E-state index contributed by atoms with van der Waals surface area (Å²) in [6.45, 7) is 3.01. The van der Waals surface area contributed by atoms with Crippen molar-refractivity contribution in [3.8, 4) is 0 Å². The van der Waals surface area contributed by atoms with E-state index in [4.69, 9.17) is 0 Å². The van der Waals surface area contributed by atoms with Gasteiger partial charge in [-0.15, -0.1) is 24.0 Å². The highest BCUT2D eigenvalue weighted by Gasteiger charge is 2.13. The van der Waals surface area contributed by atoms with Crippen LogP contribution in [-0.2, 0) is 0 Å². The minimum absolute atomic E-state index is 0. The van der Waals surface area contributed by atoms with Crippen LogP contribution in [0.25, 0.3) is 0 Å². The fourth-order valence-electron chi connectivity index (χ4n) is 2.08. The fraction of sp³-hybridized carbons (Fsp3) is 0.769. The molecular formula is C13H26IN3. The number of allylic oxidation sites excluding steroid dienone is 1. The maximum atomic E-state index is 4.25. The van der Waals surface area contributed by atoms with Crippen LogP contribution in [0.2, 0.25) is 0 Å². The number of nitrogens with one attached hydrogen (secondary N) is 2. The Balaban J connectivity index is 0.00000256. The molecule has 0 saturated heterocycles. The van der Waals surface area contributed by atoms with Gasteiger partial charge in [0.1, 0.15) is 0 Å². The maximum absolute atomic E-state index is 4.25. The molecule has 1 aliphatic carbocycles. The van der Waals surface area contributed by atoms with Crippen LogP contribution >= 0.6 is 24.0 Å². The lowest BCUT2D eigenvalue weighted by molar-refractivity contribution is 0.410. The average molecular weight is 351 g/mol. The van der Waals surface area contributed by atoms with E-state index >= 15 is 0 Å². The first-order chi connectivity index (χ1) is 7.86. The molecule has 0 amide bonds. The highest BCUT2D eigenvalue weighted by molar-refractivity contribution is 14.0. The van der Waals surface area contributed by atoms with Gasteiger partial charge in [-0.05, 0) is 26.2 Å². The molecule has 17 heavy (non-hydrogen) atoms. The quantitative estimate of drug-likeness (QED) is 0.269. The molecule has 2 N–H and O–H groups in total. The molecule has 0 unspecified atom stereocenters. The zero-order chi connectivity index (χ0) is 11.6. The molecule has 0 bridgehead atoms. The predicted octanol–water partition coefficient (Wildman–Crippen LogP) is 3.07. The Bertz CT molecular complexity index is 233. The van der Waals surface area contributed by atoms with Gasteiger partial charge in [0.25, 0.3) is 0 Å². The normalized spacial score (nSPS) is 17.9. The molecule has 4 heteroatoms. The van der Waals surface area contributed by atoms with Crippen LogP contribution in [-0.4, -0.2) is 25.6 Å². The van der Waals surface area contributed by atoms with Gasteiger partial charge in [0.15, 0.2) is 5.96 Å². The molecular weight excluding hydrogens is 325 g/mol. The number of guanidine groups is 1. The van der Waals surface area contributed by atoms with Gasteiger partial charge in [-0.3, -0.25) is 4.99 Å². The van der Waals surface area contributed by atoms with Crippen LogP contribution in [0, 0.1) is 0 Å². The molecule has 0 heterocycles. The molecule has 1 aliphatic rings. The summed E-state index contributed by atoms with van der Waals surface area (Å²) in [4.78, 5) is 4.25. The van der Waals surface area contributed by atoms with E-state index in [-0.39, 0.29) is 24.0 Å². The molecule has 0 aromatic rings. The molecule has 0 atom stereocenters. The zero-order valence-corrected chi connectivity index (χ0v) is 13.4. The molecule has 100 valence electrons. The average Bonchev–Trinajstić information content (AvgIpc) is 2.34. The van der Waals surface area contributed by atoms with Gasteiger partial charge < -0.3 is 10.6 Å². The molecule has 3 nitrogen and oxygen atoms in total. The smallest absolute Gasteiger partial charge is 0.191 e. The fourth-order valence-corrected chi connectivity index (χ4v) is 2.08. The minimum atomic E-state index is 0. The van der Waals surface area contributed by atoms with E-state index < -0.39 is 0 Å². The van der Waals surface area contributed by atoms with E-state index in [1.807, 2.05) is 7.05 Å². The summed E-state index contributed by atoms with van der Waals surface area (Å²) in [5, 5.41) is 6.84. The first-order valence-electron chi connectivity index (χ1n) is 6.45. The lowest BCUT2D eigenvalue weighted by Gasteiger charge is -2.24. The molecule has 0 aliphatic heterocycles. The Morgan fingerprint density at radius 3 is 2.59 bits per heavy atom.